The van der Waals surface area contributed by atoms with Gasteiger partial charge in [-0.3, -0.25) is 4.79 Å². The first kappa shape index (κ1) is 16.0. The van der Waals surface area contributed by atoms with Crippen LogP contribution in [-0.2, 0) is 20.7 Å². The van der Waals surface area contributed by atoms with Crippen LogP contribution in [0.5, 0.6) is 0 Å². The number of anilines is 1. The first-order chi connectivity index (χ1) is 10.1. The van der Waals surface area contributed by atoms with Gasteiger partial charge in [-0.2, -0.15) is 0 Å². The van der Waals surface area contributed by atoms with Crippen LogP contribution in [0.1, 0.15) is 39.2 Å². The third kappa shape index (κ3) is 4.29. The lowest BCUT2D eigenvalue weighted by Gasteiger charge is -2.30. The molecule has 1 saturated heterocycles. The van der Waals surface area contributed by atoms with Crippen LogP contribution in [0.25, 0.3) is 0 Å². The van der Waals surface area contributed by atoms with Crippen molar-refractivity contribution in [1.82, 2.24) is 0 Å². The van der Waals surface area contributed by atoms with E-state index in [1.54, 1.807) is 0 Å². The van der Waals surface area contributed by atoms with Crippen LogP contribution in [0.4, 0.5) is 5.69 Å². The third-order valence-corrected chi connectivity index (χ3v) is 3.65. The summed E-state index contributed by atoms with van der Waals surface area (Å²) in [6, 6.07) is 8.28. The van der Waals surface area contributed by atoms with Crippen LogP contribution in [-0.4, -0.2) is 31.5 Å². The number of aryl methyl sites for hydroxylation is 1. The summed E-state index contributed by atoms with van der Waals surface area (Å²) in [7, 11) is 0. The second kappa shape index (κ2) is 7.57. The highest BCUT2D eigenvalue weighted by molar-refractivity contribution is 5.94. The monoisotopic (exact) mass is 291 g/mol. The molecule has 0 aliphatic carbocycles. The molecule has 1 aromatic carbocycles. The van der Waals surface area contributed by atoms with Crippen LogP contribution in [0.2, 0.25) is 0 Å². The molecule has 0 spiro atoms. The Hall–Kier alpha value is -1.39. The van der Waals surface area contributed by atoms with Gasteiger partial charge in [0.25, 0.3) is 0 Å². The molecule has 2 rings (SSSR count). The number of nitrogens with zero attached hydrogens (tertiary/aromatic N) is 1. The van der Waals surface area contributed by atoms with E-state index in [1.165, 1.54) is 5.56 Å². The lowest BCUT2D eigenvalue weighted by Crippen LogP contribution is -2.40. The minimum absolute atomic E-state index is 0.0427. The summed E-state index contributed by atoms with van der Waals surface area (Å²) in [5.74, 6) is 0.0427. The molecule has 4 heteroatoms. The van der Waals surface area contributed by atoms with Crippen molar-refractivity contribution < 1.29 is 14.3 Å². The Morgan fingerprint density at radius 3 is 2.38 bits per heavy atom. The van der Waals surface area contributed by atoms with E-state index in [-0.39, 0.29) is 18.4 Å². The van der Waals surface area contributed by atoms with Gasteiger partial charge in [0.2, 0.25) is 5.91 Å². The maximum atomic E-state index is 12.6. The SMILES string of the molecule is CCc1ccc(N(C(=O)CC2OCCCO2)C(C)C)cc1. The minimum atomic E-state index is -0.401. The predicted octanol–water partition coefficient (Wildman–Crippen LogP) is 3.14. The van der Waals surface area contributed by atoms with Crippen molar-refractivity contribution in [3.05, 3.63) is 29.8 Å². The molecule has 1 aliphatic rings. The highest BCUT2D eigenvalue weighted by Gasteiger charge is 2.24. The topological polar surface area (TPSA) is 38.8 Å². The molecule has 1 heterocycles. The van der Waals surface area contributed by atoms with E-state index in [0.29, 0.717) is 13.2 Å². The molecular formula is C17H25NO3. The van der Waals surface area contributed by atoms with E-state index in [4.69, 9.17) is 9.47 Å². The number of hydrogen-bond acceptors (Lipinski definition) is 3. The normalized spacial score (nSPS) is 16.2. The van der Waals surface area contributed by atoms with E-state index >= 15 is 0 Å². The molecule has 1 aliphatic heterocycles. The summed E-state index contributed by atoms with van der Waals surface area (Å²) < 4.78 is 11.0. The van der Waals surface area contributed by atoms with Crippen molar-refractivity contribution in [1.29, 1.82) is 0 Å². The zero-order chi connectivity index (χ0) is 15.2. The summed E-state index contributed by atoms with van der Waals surface area (Å²) in [6.07, 6.45) is 1.77. The van der Waals surface area contributed by atoms with E-state index in [0.717, 1.165) is 18.5 Å². The van der Waals surface area contributed by atoms with Crippen molar-refractivity contribution >= 4 is 11.6 Å². The largest absolute Gasteiger partial charge is 0.352 e. The quantitative estimate of drug-likeness (QED) is 0.836. The van der Waals surface area contributed by atoms with Crippen molar-refractivity contribution in [2.75, 3.05) is 18.1 Å². The molecule has 4 nitrogen and oxygen atoms in total. The van der Waals surface area contributed by atoms with Gasteiger partial charge in [0.1, 0.15) is 0 Å². The summed E-state index contributed by atoms with van der Waals surface area (Å²) >= 11 is 0. The average molecular weight is 291 g/mol. The first-order valence-electron chi connectivity index (χ1n) is 7.76. The van der Waals surface area contributed by atoms with Crippen LogP contribution < -0.4 is 4.90 Å². The Morgan fingerprint density at radius 1 is 1.24 bits per heavy atom. The lowest BCUT2D eigenvalue weighted by atomic mass is 10.1. The van der Waals surface area contributed by atoms with Gasteiger partial charge in [0.05, 0.1) is 19.6 Å². The van der Waals surface area contributed by atoms with Crippen molar-refractivity contribution in [2.45, 2.75) is 52.4 Å². The van der Waals surface area contributed by atoms with Gasteiger partial charge in [0.15, 0.2) is 6.29 Å². The molecule has 0 radical (unpaired) electrons. The van der Waals surface area contributed by atoms with E-state index < -0.39 is 6.29 Å². The second-order valence-corrected chi connectivity index (χ2v) is 5.61. The van der Waals surface area contributed by atoms with Crippen molar-refractivity contribution in [3.8, 4) is 0 Å². The van der Waals surface area contributed by atoms with E-state index in [2.05, 4.69) is 19.1 Å². The molecule has 21 heavy (non-hydrogen) atoms. The number of hydrogen-bond donors (Lipinski definition) is 0. The molecular weight excluding hydrogens is 266 g/mol. The molecule has 1 amide bonds. The van der Waals surface area contributed by atoms with Gasteiger partial charge in [-0.15, -0.1) is 0 Å². The maximum absolute atomic E-state index is 12.6. The molecule has 0 atom stereocenters. The fourth-order valence-corrected chi connectivity index (χ4v) is 2.52. The molecule has 0 saturated carbocycles. The second-order valence-electron chi connectivity index (χ2n) is 5.61. The Bertz CT molecular complexity index is 450. The van der Waals surface area contributed by atoms with Gasteiger partial charge in [-0.05, 0) is 44.4 Å². The van der Waals surface area contributed by atoms with Crippen LogP contribution in [0.3, 0.4) is 0 Å². The zero-order valence-corrected chi connectivity index (χ0v) is 13.2. The molecule has 1 fully saturated rings. The molecule has 0 aromatic heterocycles. The van der Waals surface area contributed by atoms with E-state index in [1.807, 2.05) is 30.9 Å². The Kier molecular flexibility index (Phi) is 5.76. The summed E-state index contributed by atoms with van der Waals surface area (Å²) in [6.45, 7) is 7.51. The summed E-state index contributed by atoms with van der Waals surface area (Å²) in [5, 5.41) is 0. The molecule has 1 aromatic rings. The number of benzene rings is 1. The van der Waals surface area contributed by atoms with Crippen molar-refractivity contribution in [3.63, 3.8) is 0 Å². The standard InChI is InChI=1S/C17H25NO3/c1-4-14-6-8-15(9-7-14)18(13(2)3)16(19)12-17-20-10-5-11-21-17/h6-9,13,17H,4-5,10-12H2,1-3H3. The Morgan fingerprint density at radius 2 is 1.86 bits per heavy atom. The van der Waals surface area contributed by atoms with Gasteiger partial charge in [-0.1, -0.05) is 19.1 Å². The highest BCUT2D eigenvalue weighted by Crippen LogP contribution is 2.21. The van der Waals surface area contributed by atoms with Gasteiger partial charge in [0, 0.05) is 11.7 Å². The van der Waals surface area contributed by atoms with Crippen LogP contribution in [0, 0.1) is 0 Å². The number of carbonyl (C=O) groups excluding carboxylic acids is 1. The predicted molar refractivity (Wildman–Crippen MR) is 83.4 cm³/mol. The number of ether oxygens (including phenoxy) is 2. The van der Waals surface area contributed by atoms with E-state index in [9.17, 15) is 4.79 Å². The Balaban J connectivity index is 2.07. The molecule has 0 N–H and O–H groups in total. The third-order valence-electron chi connectivity index (χ3n) is 3.65. The minimum Gasteiger partial charge on any atom is -0.352 e. The molecule has 0 bridgehead atoms. The fraction of sp³-hybridized carbons (Fsp3) is 0.588. The summed E-state index contributed by atoms with van der Waals surface area (Å²) in [4.78, 5) is 14.4. The fourth-order valence-electron chi connectivity index (χ4n) is 2.52. The molecule has 0 unspecified atom stereocenters. The number of amides is 1. The zero-order valence-electron chi connectivity index (χ0n) is 13.2. The van der Waals surface area contributed by atoms with Crippen LogP contribution >= 0.6 is 0 Å². The van der Waals surface area contributed by atoms with Crippen molar-refractivity contribution in [2.24, 2.45) is 0 Å². The summed E-state index contributed by atoms with van der Waals surface area (Å²) in [5.41, 5.74) is 2.21. The first-order valence-corrected chi connectivity index (χ1v) is 7.76. The number of carbonyl (C=O) groups is 1. The maximum Gasteiger partial charge on any atom is 0.232 e. The van der Waals surface area contributed by atoms with Gasteiger partial charge < -0.3 is 14.4 Å². The van der Waals surface area contributed by atoms with Gasteiger partial charge >= 0.3 is 0 Å². The number of rotatable bonds is 5. The van der Waals surface area contributed by atoms with Gasteiger partial charge in [-0.25, -0.2) is 0 Å². The van der Waals surface area contributed by atoms with Crippen LogP contribution in [0.15, 0.2) is 24.3 Å². The molecule has 116 valence electrons. The average Bonchev–Trinajstić information content (AvgIpc) is 2.49. The Labute approximate surface area is 127 Å². The smallest absolute Gasteiger partial charge is 0.232 e. The lowest BCUT2D eigenvalue weighted by molar-refractivity contribution is -0.183. The highest BCUT2D eigenvalue weighted by atomic mass is 16.7.